The number of rotatable bonds is 8. The highest BCUT2D eigenvalue weighted by Gasteiger charge is 2.37. The van der Waals surface area contributed by atoms with Crippen LogP contribution in [0.5, 0.6) is 0 Å². The highest BCUT2D eigenvalue weighted by Crippen LogP contribution is 2.32. The smallest absolute Gasteiger partial charge is 0.308 e. The van der Waals surface area contributed by atoms with Gasteiger partial charge < -0.3 is 18.8 Å². The van der Waals surface area contributed by atoms with Crippen LogP contribution in [-0.4, -0.2) is 44.9 Å². The molecule has 1 aromatic heterocycles. The van der Waals surface area contributed by atoms with E-state index in [2.05, 4.69) is 10.6 Å². The number of carbonyl (C=O) groups is 1. The van der Waals surface area contributed by atoms with E-state index in [4.69, 9.17) is 19.2 Å². The van der Waals surface area contributed by atoms with Gasteiger partial charge in [0.15, 0.2) is 10.9 Å². The molecule has 2 aromatic carbocycles. The van der Waals surface area contributed by atoms with Crippen LogP contribution in [-0.2, 0) is 32.5 Å². The molecule has 4 rings (SSSR count). The maximum atomic E-state index is 12.8. The second-order valence-corrected chi connectivity index (χ2v) is 11.0. The molecule has 0 saturated carbocycles. The number of ether oxygens (including phenoxy) is 3. The monoisotopic (exact) mass is 482 g/mol. The number of benzene rings is 2. The van der Waals surface area contributed by atoms with Crippen molar-refractivity contribution in [2.24, 2.45) is 7.05 Å². The molecule has 2 heterocycles. The fourth-order valence-corrected chi connectivity index (χ4v) is 5.52. The molecule has 2 atom stereocenters. The van der Waals surface area contributed by atoms with Crippen LogP contribution in [0.1, 0.15) is 46.1 Å². The summed E-state index contributed by atoms with van der Waals surface area (Å²) in [6.07, 6.45) is 1.20. The number of hydrogen-bond acceptors (Lipinski definition) is 6. The van der Waals surface area contributed by atoms with Gasteiger partial charge in [-0.3, -0.25) is 4.79 Å². The van der Waals surface area contributed by atoms with Crippen molar-refractivity contribution in [3.63, 3.8) is 0 Å². The molecular weight excluding hydrogens is 448 g/mol. The van der Waals surface area contributed by atoms with E-state index in [0.717, 1.165) is 27.5 Å². The summed E-state index contributed by atoms with van der Waals surface area (Å²) < 4.78 is 20.2. The standard InChI is InChI=1S/C27H34N2O4S/c1-26(2,17-19-11-7-6-8-12-19)33-24(30)16-20-15-21(32-27(3,4)31-20)18-34-25-28-22-13-9-10-14-23(22)29(25)5/h6-14,20-21H,15-18H2,1-5H3. The third-order valence-electron chi connectivity index (χ3n) is 5.83. The summed E-state index contributed by atoms with van der Waals surface area (Å²) in [5.74, 6) is -0.277. The molecule has 1 fully saturated rings. The molecule has 0 radical (unpaired) electrons. The molecule has 34 heavy (non-hydrogen) atoms. The molecular formula is C27H34N2O4S. The van der Waals surface area contributed by atoms with Crippen molar-refractivity contribution in [2.45, 2.75) is 75.7 Å². The quantitative estimate of drug-likeness (QED) is 0.311. The van der Waals surface area contributed by atoms with Crippen molar-refractivity contribution in [2.75, 3.05) is 5.75 Å². The predicted molar refractivity (Wildman–Crippen MR) is 135 cm³/mol. The van der Waals surface area contributed by atoms with Crippen molar-refractivity contribution < 1.29 is 19.0 Å². The van der Waals surface area contributed by atoms with E-state index < -0.39 is 11.4 Å². The zero-order chi connectivity index (χ0) is 24.3. The minimum absolute atomic E-state index is 0.0521. The lowest BCUT2D eigenvalue weighted by molar-refractivity contribution is -0.295. The molecule has 2 unspecified atom stereocenters. The lowest BCUT2D eigenvalue weighted by Gasteiger charge is -2.40. The Morgan fingerprint density at radius 1 is 1.12 bits per heavy atom. The van der Waals surface area contributed by atoms with Gasteiger partial charge in [-0.25, -0.2) is 4.98 Å². The highest BCUT2D eigenvalue weighted by atomic mass is 32.2. The maximum Gasteiger partial charge on any atom is 0.308 e. The van der Waals surface area contributed by atoms with Gasteiger partial charge in [0.25, 0.3) is 0 Å². The summed E-state index contributed by atoms with van der Waals surface area (Å²) >= 11 is 1.67. The average Bonchev–Trinajstić information content (AvgIpc) is 3.07. The van der Waals surface area contributed by atoms with E-state index in [1.165, 1.54) is 0 Å². The van der Waals surface area contributed by atoms with Gasteiger partial charge in [-0.05, 0) is 45.4 Å². The van der Waals surface area contributed by atoms with Crippen molar-refractivity contribution in [3.05, 3.63) is 60.2 Å². The van der Waals surface area contributed by atoms with Gasteiger partial charge in [-0.2, -0.15) is 0 Å². The van der Waals surface area contributed by atoms with Crippen LogP contribution in [0.25, 0.3) is 11.0 Å². The largest absolute Gasteiger partial charge is 0.459 e. The Morgan fingerprint density at radius 2 is 1.79 bits per heavy atom. The summed E-state index contributed by atoms with van der Waals surface area (Å²) in [5, 5.41) is 0.952. The molecule has 0 spiro atoms. The van der Waals surface area contributed by atoms with Gasteiger partial charge in [0.05, 0.1) is 29.7 Å². The molecule has 182 valence electrons. The number of imidazole rings is 1. The first-order valence-corrected chi connectivity index (χ1v) is 12.7. The Hall–Kier alpha value is -2.35. The van der Waals surface area contributed by atoms with Gasteiger partial charge in [0.2, 0.25) is 0 Å². The van der Waals surface area contributed by atoms with Crippen molar-refractivity contribution in [3.8, 4) is 0 Å². The number of nitrogens with zero attached hydrogens (tertiary/aromatic N) is 2. The topological polar surface area (TPSA) is 62.6 Å². The Balaban J connectivity index is 1.34. The fourth-order valence-electron chi connectivity index (χ4n) is 4.53. The zero-order valence-corrected chi connectivity index (χ0v) is 21.4. The number of thioether (sulfide) groups is 1. The first-order chi connectivity index (χ1) is 16.1. The second kappa shape index (κ2) is 10.1. The maximum absolute atomic E-state index is 12.8. The van der Waals surface area contributed by atoms with Crippen LogP contribution in [0.15, 0.2) is 59.8 Å². The van der Waals surface area contributed by atoms with E-state index in [0.29, 0.717) is 12.8 Å². The van der Waals surface area contributed by atoms with Crippen LogP contribution < -0.4 is 0 Å². The number of hydrogen-bond donors (Lipinski definition) is 0. The molecule has 6 nitrogen and oxygen atoms in total. The third-order valence-corrected chi connectivity index (χ3v) is 6.99. The summed E-state index contributed by atoms with van der Waals surface area (Å²) in [4.78, 5) is 17.5. The van der Waals surface area contributed by atoms with Gasteiger partial charge in [-0.15, -0.1) is 0 Å². The minimum atomic E-state index is -0.764. The number of aromatic nitrogens is 2. The van der Waals surface area contributed by atoms with Crippen LogP contribution in [0, 0.1) is 0 Å². The lowest BCUT2D eigenvalue weighted by Crippen LogP contribution is -2.46. The fraction of sp³-hybridized carbons (Fsp3) is 0.481. The number of esters is 1. The Labute approximate surface area is 206 Å². The Bertz CT molecular complexity index is 1130. The van der Waals surface area contributed by atoms with Gasteiger partial charge >= 0.3 is 5.97 Å². The zero-order valence-electron chi connectivity index (χ0n) is 20.6. The molecule has 3 aromatic rings. The van der Waals surface area contributed by atoms with Crippen LogP contribution >= 0.6 is 11.8 Å². The average molecular weight is 483 g/mol. The minimum Gasteiger partial charge on any atom is -0.459 e. The van der Waals surface area contributed by atoms with Crippen LogP contribution in [0.2, 0.25) is 0 Å². The van der Waals surface area contributed by atoms with E-state index in [1.54, 1.807) is 11.8 Å². The first kappa shape index (κ1) is 24.8. The summed E-state index contributed by atoms with van der Waals surface area (Å²) in [6.45, 7) is 7.69. The molecule has 0 amide bonds. The van der Waals surface area contributed by atoms with Crippen LogP contribution in [0.3, 0.4) is 0 Å². The van der Waals surface area contributed by atoms with E-state index >= 15 is 0 Å². The third kappa shape index (κ3) is 6.40. The predicted octanol–water partition coefficient (Wildman–Crippen LogP) is 5.53. The van der Waals surface area contributed by atoms with E-state index in [-0.39, 0.29) is 24.6 Å². The van der Waals surface area contributed by atoms with Crippen molar-refractivity contribution in [1.82, 2.24) is 9.55 Å². The van der Waals surface area contributed by atoms with E-state index in [9.17, 15) is 4.79 Å². The molecule has 0 N–H and O–H groups in total. The SMILES string of the molecule is Cn1c(SCC2CC(CC(=O)OC(C)(C)Cc3ccccc3)OC(C)(C)O2)nc2ccccc21. The molecule has 7 heteroatoms. The molecule has 1 saturated heterocycles. The molecule has 1 aliphatic rings. The van der Waals surface area contributed by atoms with Crippen molar-refractivity contribution >= 4 is 28.8 Å². The first-order valence-electron chi connectivity index (χ1n) is 11.8. The van der Waals surface area contributed by atoms with E-state index in [1.807, 2.05) is 83.3 Å². The Morgan fingerprint density at radius 3 is 2.53 bits per heavy atom. The molecule has 0 aliphatic carbocycles. The van der Waals surface area contributed by atoms with Crippen molar-refractivity contribution in [1.29, 1.82) is 0 Å². The summed E-state index contributed by atoms with van der Waals surface area (Å²) in [5.41, 5.74) is 2.65. The number of fused-ring (bicyclic) bond motifs is 1. The summed E-state index contributed by atoms with van der Waals surface area (Å²) in [7, 11) is 2.03. The normalized spacial score (nSPS) is 20.4. The second-order valence-electron chi connectivity index (χ2n) is 9.97. The van der Waals surface area contributed by atoms with Gasteiger partial charge in [0.1, 0.15) is 5.60 Å². The summed E-state index contributed by atoms with van der Waals surface area (Å²) in [6, 6.07) is 18.2. The van der Waals surface area contributed by atoms with Gasteiger partial charge in [-0.1, -0.05) is 54.2 Å². The number of aryl methyl sites for hydroxylation is 1. The lowest BCUT2D eigenvalue weighted by atomic mass is 9.98. The number of para-hydroxylation sites is 2. The molecule has 1 aliphatic heterocycles. The van der Waals surface area contributed by atoms with Crippen LogP contribution in [0.4, 0.5) is 0 Å². The molecule has 0 bridgehead atoms. The number of carbonyl (C=O) groups excluding carboxylic acids is 1. The highest BCUT2D eigenvalue weighted by molar-refractivity contribution is 7.99. The Kier molecular flexibility index (Phi) is 7.36. The van der Waals surface area contributed by atoms with Gasteiger partial charge in [0, 0.05) is 25.6 Å².